The van der Waals surface area contributed by atoms with E-state index in [-0.39, 0.29) is 11.4 Å². The molecule has 0 aliphatic carbocycles. The predicted octanol–water partition coefficient (Wildman–Crippen LogP) is 2.06. The van der Waals surface area contributed by atoms with Crippen LogP contribution in [0.25, 0.3) is 0 Å². The van der Waals surface area contributed by atoms with Crippen LogP contribution in [0.2, 0.25) is 0 Å². The summed E-state index contributed by atoms with van der Waals surface area (Å²) < 4.78 is 13.3. The van der Waals surface area contributed by atoms with E-state index in [2.05, 4.69) is 20.6 Å². The first kappa shape index (κ1) is 14.9. The second kappa shape index (κ2) is 7.34. The van der Waals surface area contributed by atoms with Crippen LogP contribution in [-0.4, -0.2) is 27.7 Å². The monoisotopic (exact) mass is 306 g/mol. The van der Waals surface area contributed by atoms with Crippen LogP contribution in [0.1, 0.15) is 0 Å². The van der Waals surface area contributed by atoms with Gasteiger partial charge < -0.3 is 5.32 Å². The number of halogens is 1. The Bertz CT molecular complexity index is 639. The summed E-state index contributed by atoms with van der Waals surface area (Å²) in [5, 5.41) is 4.78. The lowest BCUT2D eigenvalue weighted by molar-refractivity contribution is -0.117. The lowest BCUT2D eigenvalue weighted by atomic mass is 10.3. The zero-order valence-corrected chi connectivity index (χ0v) is 11.6. The lowest BCUT2D eigenvalue weighted by Crippen LogP contribution is -2.35. The highest BCUT2D eigenvalue weighted by atomic mass is 32.2. The second-order valence-corrected chi connectivity index (χ2v) is 4.74. The van der Waals surface area contributed by atoms with E-state index in [9.17, 15) is 14.0 Å². The molecule has 21 heavy (non-hydrogen) atoms. The molecule has 1 heterocycles. The summed E-state index contributed by atoms with van der Waals surface area (Å²) in [6, 6.07) is 6.54. The van der Waals surface area contributed by atoms with Crippen molar-refractivity contribution >= 4 is 29.4 Å². The number of urea groups is 1. The minimum Gasteiger partial charge on any atom is -0.305 e. The summed E-state index contributed by atoms with van der Waals surface area (Å²) in [5.74, 6) is -1.12. The summed E-state index contributed by atoms with van der Waals surface area (Å²) in [6.07, 6.45) is 3.11. The Labute approximate surface area is 124 Å². The highest BCUT2D eigenvalue weighted by Crippen LogP contribution is 2.12. The van der Waals surface area contributed by atoms with Crippen LogP contribution < -0.4 is 10.6 Å². The van der Waals surface area contributed by atoms with E-state index >= 15 is 0 Å². The molecule has 0 unspecified atom stereocenters. The van der Waals surface area contributed by atoms with Gasteiger partial charge in [-0.05, 0) is 18.2 Å². The first-order valence-corrected chi connectivity index (χ1v) is 6.89. The van der Waals surface area contributed by atoms with Gasteiger partial charge >= 0.3 is 6.03 Å². The number of carbonyl (C=O) groups is 2. The van der Waals surface area contributed by atoms with Crippen molar-refractivity contribution in [3.8, 4) is 0 Å². The number of thioether (sulfide) groups is 1. The third-order valence-corrected chi connectivity index (χ3v) is 3.12. The number of nitrogens with one attached hydrogen (secondary N) is 2. The number of hydrogen-bond acceptors (Lipinski definition) is 5. The molecule has 0 aliphatic rings. The van der Waals surface area contributed by atoms with Gasteiger partial charge in [-0.3, -0.25) is 10.1 Å². The fourth-order valence-corrected chi connectivity index (χ4v) is 1.97. The van der Waals surface area contributed by atoms with E-state index in [0.29, 0.717) is 5.16 Å². The predicted molar refractivity (Wildman–Crippen MR) is 76.3 cm³/mol. The van der Waals surface area contributed by atoms with Gasteiger partial charge in [-0.15, -0.1) is 0 Å². The van der Waals surface area contributed by atoms with Crippen LogP contribution in [0.4, 0.5) is 14.9 Å². The quantitative estimate of drug-likeness (QED) is 0.667. The van der Waals surface area contributed by atoms with E-state index in [1.807, 2.05) is 0 Å². The number of nitrogens with zero attached hydrogens (tertiary/aromatic N) is 2. The van der Waals surface area contributed by atoms with E-state index in [1.54, 1.807) is 24.5 Å². The molecule has 1 aromatic carbocycles. The standard InChI is InChI=1S/C13H11FN4O2S/c14-9-4-1-2-5-10(9)17-12(20)18-11(19)8-21-13-15-6-3-7-16-13/h1-7H,8H2,(H2,17,18,19,20). The first-order chi connectivity index (χ1) is 10.1. The van der Waals surface area contributed by atoms with Gasteiger partial charge in [0.2, 0.25) is 5.91 Å². The highest BCUT2D eigenvalue weighted by molar-refractivity contribution is 7.99. The molecule has 0 fully saturated rings. The Kier molecular flexibility index (Phi) is 5.22. The van der Waals surface area contributed by atoms with Gasteiger partial charge in [0, 0.05) is 12.4 Å². The number of rotatable bonds is 4. The molecule has 108 valence electrons. The van der Waals surface area contributed by atoms with Crippen molar-refractivity contribution in [2.75, 3.05) is 11.1 Å². The van der Waals surface area contributed by atoms with Gasteiger partial charge in [-0.1, -0.05) is 23.9 Å². The SMILES string of the molecule is O=C(CSc1ncccn1)NC(=O)Nc1ccccc1F. The smallest absolute Gasteiger partial charge is 0.305 e. The molecule has 0 spiro atoms. The number of hydrogen-bond donors (Lipinski definition) is 2. The van der Waals surface area contributed by atoms with Gasteiger partial charge in [0.05, 0.1) is 11.4 Å². The van der Waals surface area contributed by atoms with Crippen molar-refractivity contribution in [2.24, 2.45) is 0 Å². The molecule has 0 radical (unpaired) electrons. The molecule has 0 saturated carbocycles. The zero-order chi connectivity index (χ0) is 15.1. The van der Waals surface area contributed by atoms with Crippen LogP contribution in [-0.2, 0) is 4.79 Å². The maximum Gasteiger partial charge on any atom is 0.325 e. The van der Waals surface area contributed by atoms with Gasteiger partial charge in [0.1, 0.15) is 5.82 Å². The number of aromatic nitrogens is 2. The zero-order valence-electron chi connectivity index (χ0n) is 10.7. The largest absolute Gasteiger partial charge is 0.325 e. The average Bonchev–Trinajstić information content (AvgIpc) is 2.48. The number of benzene rings is 1. The van der Waals surface area contributed by atoms with Crippen LogP contribution in [0.15, 0.2) is 47.9 Å². The van der Waals surface area contributed by atoms with E-state index in [1.165, 1.54) is 18.2 Å². The fraction of sp³-hybridized carbons (Fsp3) is 0.0769. The number of carbonyl (C=O) groups excluding carboxylic acids is 2. The molecule has 2 rings (SSSR count). The van der Waals surface area contributed by atoms with Gasteiger partial charge in [0.25, 0.3) is 0 Å². The Hall–Kier alpha value is -2.48. The molecule has 0 atom stereocenters. The minimum absolute atomic E-state index is 0.00171. The molecule has 0 aliphatic heterocycles. The number of para-hydroxylation sites is 1. The third kappa shape index (κ3) is 4.84. The fourth-order valence-electron chi connectivity index (χ4n) is 1.37. The van der Waals surface area contributed by atoms with Crippen molar-refractivity contribution in [1.82, 2.24) is 15.3 Å². The van der Waals surface area contributed by atoms with E-state index in [0.717, 1.165) is 11.8 Å². The first-order valence-electron chi connectivity index (χ1n) is 5.90. The molecule has 0 saturated heterocycles. The highest BCUT2D eigenvalue weighted by Gasteiger charge is 2.10. The molecular formula is C13H11FN4O2S. The Balaban J connectivity index is 1.80. The van der Waals surface area contributed by atoms with Crippen LogP contribution in [0, 0.1) is 5.82 Å². The summed E-state index contributed by atoms with van der Waals surface area (Å²) >= 11 is 1.09. The normalized spacial score (nSPS) is 9.95. The summed E-state index contributed by atoms with van der Waals surface area (Å²) in [4.78, 5) is 31.0. The molecule has 6 nitrogen and oxygen atoms in total. The summed E-state index contributed by atoms with van der Waals surface area (Å²) in [5.41, 5.74) is 0.00171. The number of anilines is 1. The average molecular weight is 306 g/mol. The van der Waals surface area contributed by atoms with Gasteiger partial charge in [0.15, 0.2) is 5.16 Å². The van der Waals surface area contributed by atoms with Crippen molar-refractivity contribution in [2.45, 2.75) is 5.16 Å². The Morgan fingerprint density at radius 1 is 1.14 bits per heavy atom. The molecule has 0 bridgehead atoms. The molecule has 2 N–H and O–H groups in total. The summed E-state index contributed by atoms with van der Waals surface area (Å²) in [6.45, 7) is 0. The van der Waals surface area contributed by atoms with Gasteiger partial charge in [-0.2, -0.15) is 0 Å². The van der Waals surface area contributed by atoms with Gasteiger partial charge in [-0.25, -0.2) is 19.2 Å². The third-order valence-electron chi connectivity index (χ3n) is 2.25. The van der Waals surface area contributed by atoms with Crippen molar-refractivity contribution in [1.29, 1.82) is 0 Å². The molecule has 8 heteroatoms. The number of imide groups is 1. The maximum absolute atomic E-state index is 13.3. The Morgan fingerprint density at radius 2 is 1.86 bits per heavy atom. The molecular weight excluding hydrogens is 295 g/mol. The van der Waals surface area contributed by atoms with Crippen molar-refractivity contribution in [3.63, 3.8) is 0 Å². The van der Waals surface area contributed by atoms with Crippen LogP contribution >= 0.6 is 11.8 Å². The minimum atomic E-state index is -0.792. The van der Waals surface area contributed by atoms with E-state index in [4.69, 9.17) is 0 Å². The van der Waals surface area contributed by atoms with Crippen LogP contribution in [0.3, 0.4) is 0 Å². The maximum atomic E-state index is 13.3. The number of amides is 3. The van der Waals surface area contributed by atoms with E-state index < -0.39 is 17.8 Å². The molecule has 2 aromatic rings. The van der Waals surface area contributed by atoms with Crippen molar-refractivity contribution in [3.05, 3.63) is 48.5 Å². The summed E-state index contributed by atoms with van der Waals surface area (Å²) in [7, 11) is 0. The topological polar surface area (TPSA) is 84.0 Å². The second-order valence-electron chi connectivity index (χ2n) is 3.80. The lowest BCUT2D eigenvalue weighted by Gasteiger charge is -2.07. The van der Waals surface area contributed by atoms with Crippen molar-refractivity contribution < 1.29 is 14.0 Å². The Morgan fingerprint density at radius 3 is 2.57 bits per heavy atom. The van der Waals surface area contributed by atoms with Crippen LogP contribution in [0.5, 0.6) is 0 Å². The molecule has 3 amide bonds. The molecule has 1 aromatic heterocycles.